The number of hydrogen-bond acceptors (Lipinski definition) is 4. The van der Waals surface area contributed by atoms with E-state index in [9.17, 15) is 9.59 Å². The normalized spacial score (nSPS) is 10.2. The van der Waals surface area contributed by atoms with Gasteiger partial charge in [-0.3, -0.25) is 4.79 Å². The van der Waals surface area contributed by atoms with E-state index >= 15 is 0 Å². The second-order valence-electron chi connectivity index (χ2n) is 4.01. The van der Waals surface area contributed by atoms with E-state index in [2.05, 4.69) is 26.2 Å². The number of rotatable bonds is 4. The highest BCUT2D eigenvalue weighted by Gasteiger charge is 2.16. The molecule has 5 nitrogen and oxygen atoms in total. The molecule has 1 aromatic carbocycles. The molecule has 0 atom stereocenters. The number of halogens is 1. The minimum Gasteiger partial charge on any atom is -0.478 e. The predicted octanol–water partition coefficient (Wildman–Crippen LogP) is 3.52. The number of benzene rings is 1. The molecule has 0 bridgehead atoms. The van der Waals surface area contributed by atoms with Gasteiger partial charge in [-0.15, -0.1) is 11.8 Å². The maximum absolute atomic E-state index is 12.3. The van der Waals surface area contributed by atoms with Crippen molar-refractivity contribution in [1.82, 2.24) is 4.98 Å². The maximum atomic E-state index is 12.3. The Kier molecular flexibility index (Phi) is 4.98. The SMILES string of the molecule is CSc1ncccc1C(=O)Nc1cc(Br)ccc1C(=O)O. The topological polar surface area (TPSA) is 79.3 Å². The zero-order chi connectivity index (χ0) is 15.4. The number of pyridine rings is 1. The summed E-state index contributed by atoms with van der Waals surface area (Å²) in [5.74, 6) is -1.50. The Morgan fingerprint density at radius 2 is 2.05 bits per heavy atom. The third-order valence-electron chi connectivity index (χ3n) is 2.67. The lowest BCUT2D eigenvalue weighted by Gasteiger charge is -2.10. The van der Waals surface area contributed by atoms with E-state index in [-0.39, 0.29) is 11.3 Å². The minimum atomic E-state index is -1.10. The van der Waals surface area contributed by atoms with Crippen molar-refractivity contribution in [3.63, 3.8) is 0 Å². The van der Waals surface area contributed by atoms with E-state index in [4.69, 9.17) is 5.11 Å². The maximum Gasteiger partial charge on any atom is 0.337 e. The summed E-state index contributed by atoms with van der Waals surface area (Å²) in [5, 5.41) is 12.4. The third-order valence-corrected chi connectivity index (χ3v) is 3.87. The van der Waals surface area contributed by atoms with Gasteiger partial charge in [-0.1, -0.05) is 15.9 Å². The Morgan fingerprint density at radius 1 is 1.29 bits per heavy atom. The van der Waals surface area contributed by atoms with Gasteiger partial charge in [0, 0.05) is 10.7 Å². The number of aromatic carboxylic acids is 1. The van der Waals surface area contributed by atoms with Crippen LogP contribution in [0.5, 0.6) is 0 Å². The van der Waals surface area contributed by atoms with Crippen molar-refractivity contribution in [2.75, 3.05) is 11.6 Å². The number of aromatic nitrogens is 1. The summed E-state index contributed by atoms with van der Waals surface area (Å²) < 4.78 is 0.680. The molecule has 0 aliphatic carbocycles. The second kappa shape index (κ2) is 6.73. The summed E-state index contributed by atoms with van der Waals surface area (Å²) in [6, 6.07) is 7.90. The Labute approximate surface area is 133 Å². The average Bonchev–Trinajstić information content (AvgIpc) is 2.46. The van der Waals surface area contributed by atoms with Crippen LogP contribution in [0, 0.1) is 0 Å². The van der Waals surface area contributed by atoms with Crippen molar-refractivity contribution < 1.29 is 14.7 Å². The van der Waals surface area contributed by atoms with E-state index < -0.39 is 11.9 Å². The first kappa shape index (κ1) is 15.5. The molecule has 0 aliphatic rings. The fourth-order valence-electron chi connectivity index (χ4n) is 1.72. The van der Waals surface area contributed by atoms with E-state index in [0.29, 0.717) is 15.1 Å². The van der Waals surface area contributed by atoms with Gasteiger partial charge >= 0.3 is 5.97 Å². The van der Waals surface area contributed by atoms with Crippen molar-refractivity contribution in [3.05, 3.63) is 52.1 Å². The molecule has 2 rings (SSSR count). The molecule has 0 saturated heterocycles. The van der Waals surface area contributed by atoms with Crippen molar-refractivity contribution in [3.8, 4) is 0 Å². The second-order valence-corrected chi connectivity index (χ2v) is 5.72. The highest BCUT2D eigenvalue weighted by molar-refractivity contribution is 9.10. The van der Waals surface area contributed by atoms with Crippen molar-refractivity contribution in [2.24, 2.45) is 0 Å². The largest absolute Gasteiger partial charge is 0.478 e. The first-order chi connectivity index (χ1) is 10.0. The summed E-state index contributed by atoms with van der Waals surface area (Å²) in [4.78, 5) is 27.6. The first-order valence-corrected chi connectivity index (χ1v) is 7.88. The Balaban J connectivity index is 2.36. The van der Waals surface area contributed by atoms with Crippen LogP contribution in [0.3, 0.4) is 0 Å². The molecule has 2 N–H and O–H groups in total. The van der Waals surface area contributed by atoms with Crippen molar-refractivity contribution in [2.45, 2.75) is 5.03 Å². The van der Waals surface area contributed by atoms with Crippen LogP contribution in [0.2, 0.25) is 0 Å². The first-order valence-electron chi connectivity index (χ1n) is 5.86. The molecule has 1 heterocycles. The molecule has 0 saturated carbocycles. The summed E-state index contributed by atoms with van der Waals surface area (Å²) in [5.41, 5.74) is 0.667. The summed E-state index contributed by atoms with van der Waals surface area (Å²) in [7, 11) is 0. The molecular formula is C14H11BrN2O3S. The van der Waals surface area contributed by atoms with Gasteiger partial charge in [0.1, 0.15) is 5.03 Å². The molecule has 21 heavy (non-hydrogen) atoms. The van der Waals surface area contributed by atoms with E-state index in [0.717, 1.165) is 0 Å². The smallest absolute Gasteiger partial charge is 0.337 e. The van der Waals surface area contributed by atoms with Crippen LogP contribution < -0.4 is 5.32 Å². The van der Waals surface area contributed by atoms with Gasteiger partial charge in [0.25, 0.3) is 5.91 Å². The van der Waals surface area contributed by atoms with Gasteiger partial charge in [-0.25, -0.2) is 9.78 Å². The van der Waals surface area contributed by atoms with Crippen molar-refractivity contribution in [1.29, 1.82) is 0 Å². The van der Waals surface area contributed by atoms with Crippen LogP contribution in [0.15, 0.2) is 46.0 Å². The molecular weight excluding hydrogens is 356 g/mol. The average molecular weight is 367 g/mol. The number of nitrogens with zero attached hydrogens (tertiary/aromatic N) is 1. The molecule has 1 amide bonds. The minimum absolute atomic E-state index is 0.0288. The summed E-state index contributed by atoms with van der Waals surface area (Å²) >= 11 is 4.61. The lowest BCUT2D eigenvalue weighted by molar-refractivity contribution is 0.0698. The zero-order valence-corrected chi connectivity index (χ0v) is 13.4. The van der Waals surface area contributed by atoms with Crippen molar-refractivity contribution >= 4 is 45.3 Å². The van der Waals surface area contributed by atoms with Crippen LogP contribution in [0.1, 0.15) is 20.7 Å². The quantitative estimate of drug-likeness (QED) is 0.809. The van der Waals surface area contributed by atoms with Crippen LogP contribution in [0.4, 0.5) is 5.69 Å². The number of anilines is 1. The Morgan fingerprint density at radius 3 is 2.71 bits per heavy atom. The van der Waals surface area contributed by atoms with Crippen LogP contribution in [0.25, 0.3) is 0 Å². The number of hydrogen-bond donors (Lipinski definition) is 2. The molecule has 0 unspecified atom stereocenters. The van der Waals surface area contributed by atoms with Crippen LogP contribution >= 0.6 is 27.7 Å². The van der Waals surface area contributed by atoms with Gasteiger partial charge in [0.15, 0.2) is 0 Å². The monoisotopic (exact) mass is 366 g/mol. The zero-order valence-electron chi connectivity index (χ0n) is 11.0. The number of carboxylic acid groups (broad SMARTS) is 1. The number of thioether (sulfide) groups is 1. The summed E-state index contributed by atoms with van der Waals surface area (Å²) in [6.45, 7) is 0. The van der Waals surface area contributed by atoms with E-state index in [1.807, 2.05) is 6.26 Å². The Hall–Kier alpha value is -1.86. The molecule has 2 aromatic rings. The molecule has 108 valence electrons. The molecule has 0 radical (unpaired) electrons. The van der Waals surface area contributed by atoms with Gasteiger partial charge in [-0.05, 0) is 36.6 Å². The third kappa shape index (κ3) is 3.62. The number of nitrogens with one attached hydrogen (secondary N) is 1. The highest BCUT2D eigenvalue weighted by Crippen LogP contribution is 2.24. The number of amides is 1. The number of carbonyl (C=O) groups excluding carboxylic acids is 1. The van der Waals surface area contributed by atoms with E-state index in [1.54, 1.807) is 30.5 Å². The standard InChI is InChI=1S/C14H11BrN2O3S/c1-21-13-10(3-2-6-16-13)12(18)17-11-7-8(15)4-5-9(11)14(19)20/h2-7H,1H3,(H,17,18)(H,19,20). The van der Waals surface area contributed by atoms with Gasteiger partial charge < -0.3 is 10.4 Å². The number of carbonyl (C=O) groups is 2. The number of carboxylic acids is 1. The fraction of sp³-hybridized carbons (Fsp3) is 0.0714. The molecule has 0 spiro atoms. The molecule has 7 heteroatoms. The molecule has 0 aliphatic heterocycles. The lowest BCUT2D eigenvalue weighted by Crippen LogP contribution is -2.16. The van der Waals surface area contributed by atoms with E-state index in [1.165, 1.54) is 17.8 Å². The van der Waals surface area contributed by atoms with Gasteiger partial charge in [0.05, 0.1) is 16.8 Å². The molecule has 0 fully saturated rings. The van der Waals surface area contributed by atoms with Crippen LogP contribution in [-0.4, -0.2) is 28.2 Å². The predicted molar refractivity (Wildman–Crippen MR) is 85.1 cm³/mol. The van der Waals surface area contributed by atoms with Gasteiger partial charge in [-0.2, -0.15) is 0 Å². The van der Waals surface area contributed by atoms with Crippen LogP contribution in [-0.2, 0) is 0 Å². The van der Waals surface area contributed by atoms with Gasteiger partial charge in [0.2, 0.25) is 0 Å². The summed E-state index contributed by atoms with van der Waals surface area (Å²) in [6.07, 6.45) is 3.42. The lowest BCUT2D eigenvalue weighted by atomic mass is 10.1. The molecule has 1 aromatic heterocycles. The Bertz CT molecular complexity index is 706. The highest BCUT2D eigenvalue weighted by atomic mass is 79.9. The fourth-order valence-corrected chi connectivity index (χ4v) is 2.63.